The highest BCUT2D eigenvalue weighted by Gasteiger charge is 2.07. The minimum atomic E-state index is -0.946. The average molecular weight is 246 g/mol. The number of aliphatic carboxylic acids is 1. The van der Waals surface area contributed by atoms with Crippen LogP contribution in [0.15, 0.2) is 30.3 Å². The number of rotatable bonds is 3. The summed E-state index contributed by atoms with van der Waals surface area (Å²) in [5, 5.41) is 8.75. The Kier molecular flexibility index (Phi) is 3.32. The number of aryl methyl sites for hydroxylation is 1. The van der Waals surface area contributed by atoms with Crippen molar-refractivity contribution in [1.29, 1.82) is 0 Å². The van der Waals surface area contributed by atoms with E-state index in [9.17, 15) is 9.18 Å². The highest BCUT2D eigenvalue weighted by atomic mass is 19.1. The van der Waals surface area contributed by atoms with Crippen LogP contribution in [-0.2, 0) is 11.2 Å². The van der Waals surface area contributed by atoms with Gasteiger partial charge in [-0.25, -0.2) is 14.4 Å². The van der Waals surface area contributed by atoms with Crippen LogP contribution in [0.1, 0.15) is 11.5 Å². The molecule has 0 spiro atoms. The molecule has 4 nitrogen and oxygen atoms in total. The first-order valence-corrected chi connectivity index (χ1v) is 5.37. The van der Waals surface area contributed by atoms with E-state index < -0.39 is 5.97 Å². The van der Waals surface area contributed by atoms with Gasteiger partial charge in [-0.2, -0.15) is 0 Å². The molecule has 0 saturated carbocycles. The molecule has 0 bridgehead atoms. The number of benzene rings is 1. The van der Waals surface area contributed by atoms with Crippen molar-refractivity contribution >= 4 is 5.97 Å². The maximum absolute atomic E-state index is 12.8. The Bertz CT molecular complexity index is 582. The topological polar surface area (TPSA) is 63.1 Å². The molecule has 0 amide bonds. The van der Waals surface area contributed by atoms with Crippen molar-refractivity contribution in [3.05, 3.63) is 47.7 Å². The zero-order valence-electron chi connectivity index (χ0n) is 9.72. The van der Waals surface area contributed by atoms with Gasteiger partial charge in [0.1, 0.15) is 11.6 Å². The smallest absolute Gasteiger partial charge is 0.309 e. The molecule has 0 aliphatic rings. The van der Waals surface area contributed by atoms with Gasteiger partial charge in [0.25, 0.3) is 0 Å². The van der Waals surface area contributed by atoms with Crippen molar-refractivity contribution in [3.8, 4) is 11.3 Å². The van der Waals surface area contributed by atoms with Crippen LogP contribution in [0.25, 0.3) is 11.3 Å². The molecule has 18 heavy (non-hydrogen) atoms. The van der Waals surface area contributed by atoms with E-state index in [2.05, 4.69) is 9.97 Å². The van der Waals surface area contributed by atoms with Gasteiger partial charge >= 0.3 is 5.97 Å². The fraction of sp³-hybridized carbons (Fsp3) is 0.154. The van der Waals surface area contributed by atoms with Crippen LogP contribution in [0.3, 0.4) is 0 Å². The van der Waals surface area contributed by atoms with Crippen molar-refractivity contribution in [3.63, 3.8) is 0 Å². The van der Waals surface area contributed by atoms with Crippen LogP contribution in [0.2, 0.25) is 0 Å². The van der Waals surface area contributed by atoms with Crippen LogP contribution in [0.5, 0.6) is 0 Å². The molecule has 0 unspecified atom stereocenters. The van der Waals surface area contributed by atoms with Crippen LogP contribution in [-0.4, -0.2) is 21.0 Å². The third-order valence-corrected chi connectivity index (χ3v) is 2.36. The number of carboxylic acids is 1. The lowest BCUT2D eigenvalue weighted by Crippen LogP contribution is -2.05. The number of carboxylic acid groups (broad SMARTS) is 1. The number of hydrogen-bond donors (Lipinski definition) is 1. The summed E-state index contributed by atoms with van der Waals surface area (Å²) in [7, 11) is 0. The van der Waals surface area contributed by atoms with Crippen LogP contribution >= 0.6 is 0 Å². The van der Waals surface area contributed by atoms with E-state index in [1.807, 2.05) is 0 Å². The number of aromatic nitrogens is 2. The van der Waals surface area contributed by atoms with Gasteiger partial charge in [0.05, 0.1) is 17.8 Å². The predicted octanol–water partition coefficient (Wildman–Crippen LogP) is 2.22. The first-order valence-electron chi connectivity index (χ1n) is 5.37. The molecule has 0 saturated heterocycles. The fourth-order valence-electron chi connectivity index (χ4n) is 1.64. The van der Waals surface area contributed by atoms with Gasteiger partial charge in [-0.05, 0) is 37.3 Å². The highest BCUT2D eigenvalue weighted by Crippen LogP contribution is 2.18. The molecule has 2 rings (SSSR count). The Morgan fingerprint density at radius 3 is 2.56 bits per heavy atom. The summed E-state index contributed by atoms with van der Waals surface area (Å²) < 4.78 is 12.8. The molecule has 1 N–H and O–H groups in total. The zero-order chi connectivity index (χ0) is 13.1. The Balaban J connectivity index is 2.41. The van der Waals surface area contributed by atoms with Crippen LogP contribution in [0.4, 0.5) is 4.39 Å². The maximum atomic E-state index is 12.8. The van der Waals surface area contributed by atoms with Gasteiger partial charge in [0.2, 0.25) is 0 Å². The summed E-state index contributed by atoms with van der Waals surface area (Å²) in [5.41, 5.74) is 1.77. The van der Waals surface area contributed by atoms with E-state index in [1.54, 1.807) is 25.1 Å². The summed E-state index contributed by atoms with van der Waals surface area (Å²) in [6, 6.07) is 7.48. The van der Waals surface area contributed by atoms with Crippen molar-refractivity contribution < 1.29 is 14.3 Å². The van der Waals surface area contributed by atoms with Crippen molar-refractivity contribution in [2.45, 2.75) is 13.3 Å². The standard InChI is InChI=1S/C13H11FN2O2/c1-8-15-11(7-13(17)18)6-12(16-8)9-2-4-10(14)5-3-9/h2-6H,7H2,1H3,(H,17,18). The van der Waals surface area contributed by atoms with Crippen molar-refractivity contribution in [1.82, 2.24) is 9.97 Å². The average Bonchev–Trinajstić information content (AvgIpc) is 2.28. The van der Waals surface area contributed by atoms with Gasteiger partial charge < -0.3 is 5.11 Å². The Morgan fingerprint density at radius 2 is 1.94 bits per heavy atom. The van der Waals surface area contributed by atoms with E-state index in [0.717, 1.165) is 5.56 Å². The number of nitrogens with zero attached hydrogens (tertiary/aromatic N) is 2. The fourth-order valence-corrected chi connectivity index (χ4v) is 1.64. The SMILES string of the molecule is Cc1nc(CC(=O)O)cc(-c2ccc(F)cc2)n1. The quantitative estimate of drug-likeness (QED) is 0.901. The third-order valence-electron chi connectivity index (χ3n) is 2.36. The minimum absolute atomic E-state index is 0.155. The molecule has 0 aliphatic carbocycles. The molecule has 1 aromatic carbocycles. The second-order valence-corrected chi connectivity index (χ2v) is 3.87. The highest BCUT2D eigenvalue weighted by molar-refractivity contribution is 5.70. The van der Waals surface area contributed by atoms with Crippen molar-refractivity contribution in [2.24, 2.45) is 0 Å². The Hall–Kier alpha value is -2.30. The summed E-state index contributed by atoms with van der Waals surface area (Å²) in [6.45, 7) is 1.69. The van der Waals surface area contributed by atoms with Gasteiger partial charge in [-0.1, -0.05) is 0 Å². The molecular weight excluding hydrogens is 235 g/mol. The second-order valence-electron chi connectivity index (χ2n) is 3.87. The normalized spacial score (nSPS) is 10.3. The number of halogens is 1. The van der Waals surface area contributed by atoms with Gasteiger partial charge in [0.15, 0.2) is 0 Å². The van der Waals surface area contributed by atoms with Gasteiger partial charge in [-0.15, -0.1) is 0 Å². The largest absolute Gasteiger partial charge is 0.481 e. The van der Waals surface area contributed by atoms with Crippen LogP contribution < -0.4 is 0 Å². The Morgan fingerprint density at radius 1 is 1.28 bits per heavy atom. The molecule has 0 atom stereocenters. The first-order chi connectivity index (χ1) is 8.54. The lowest BCUT2D eigenvalue weighted by molar-refractivity contribution is -0.136. The molecule has 0 radical (unpaired) electrons. The van der Waals surface area contributed by atoms with E-state index in [1.165, 1.54) is 12.1 Å². The first kappa shape index (κ1) is 12.2. The minimum Gasteiger partial charge on any atom is -0.481 e. The van der Waals surface area contributed by atoms with Crippen molar-refractivity contribution in [2.75, 3.05) is 0 Å². The third kappa shape index (κ3) is 2.88. The predicted molar refractivity (Wildman–Crippen MR) is 63.5 cm³/mol. The molecule has 0 aliphatic heterocycles. The monoisotopic (exact) mass is 246 g/mol. The summed E-state index contributed by atoms with van der Waals surface area (Å²) >= 11 is 0. The van der Waals surface area contributed by atoms with Crippen LogP contribution in [0, 0.1) is 12.7 Å². The zero-order valence-corrected chi connectivity index (χ0v) is 9.72. The molecule has 1 heterocycles. The van der Waals surface area contributed by atoms with E-state index in [4.69, 9.17) is 5.11 Å². The van der Waals surface area contributed by atoms with Gasteiger partial charge in [0, 0.05) is 5.56 Å². The lowest BCUT2D eigenvalue weighted by Gasteiger charge is -2.05. The summed E-state index contributed by atoms with van der Waals surface area (Å²) in [4.78, 5) is 18.9. The second kappa shape index (κ2) is 4.91. The Labute approximate surface area is 103 Å². The molecular formula is C13H11FN2O2. The molecule has 1 aromatic heterocycles. The van der Waals surface area contributed by atoms with Gasteiger partial charge in [-0.3, -0.25) is 4.79 Å². The molecule has 92 valence electrons. The van der Waals surface area contributed by atoms with E-state index in [0.29, 0.717) is 17.2 Å². The number of carbonyl (C=O) groups is 1. The maximum Gasteiger partial charge on any atom is 0.309 e. The number of hydrogen-bond acceptors (Lipinski definition) is 3. The summed E-state index contributed by atoms with van der Waals surface area (Å²) in [6.07, 6.45) is -0.155. The van der Waals surface area contributed by atoms with E-state index in [-0.39, 0.29) is 12.2 Å². The molecule has 2 aromatic rings. The molecule has 0 fully saturated rings. The lowest BCUT2D eigenvalue weighted by atomic mass is 10.1. The molecule has 5 heteroatoms. The summed E-state index contributed by atoms with van der Waals surface area (Å²) in [5.74, 6) is -0.776. The van der Waals surface area contributed by atoms with E-state index >= 15 is 0 Å².